The van der Waals surface area contributed by atoms with E-state index < -0.39 is 15.4 Å². The molecular weight excluding hydrogens is 404 g/mol. The minimum absolute atomic E-state index is 0.0368. The van der Waals surface area contributed by atoms with Crippen LogP contribution in [0, 0.1) is 0 Å². The topological polar surface area (TPSA) is 76.2 Å². The Labute approximate surface area is 179 Å². The van der Waals surface area contributed by atoms with Crippen molar-refractivity contribution in [2.24, 2.45) is 0 Å². The van der Waals surface area contributed by atoms with Crippen molar-refractivity contribution in [3.63, 3.8) is 0 Å². The van der Waals surface area contributed by atoms with Crippen LogP contribution in [0.15, 0.2) is 24.3 Å². The molecule has 0 spiro atoms. The molecular formula is C22H32N2O5S. The number of hydrogen-bond donors (Lipinski definition) is 0. The summed E-state index contributed by atoms with van der Waals surface area (Å²) in [7, 11) is -1.74. The zero-order valence-corrected chi connectivity index (χ0v) is 18.7. The van der Waals surface area contributed by atoms with Crippen molar-refractivity contribution < 1.29 is 22.7 Å². The van der Waals surface area contributed by atoms with E-state index in [2.05, 4.69) is 0 Å². The van der Waals surface area contributed by atoms with E-state index in [9.17, 15) is 13.2 Å². The van der Waals surface area contributed by atoms with E-state index in [0.29, 0.717) is 39.1 Å². The lowest BCUT2D eigenvalue weighted by molar-refractivity contribution is -0.136. The Bertz CT molecular complexity index is 860. The maximum Gasteiger partial charge on any atom is 0.233 e. The van der Waals surface area contributed by atoms with Crippen molar-refractivity contribution in [1.82, 2.24) is 9.21 Å². The fourth-order valence-corrected chi connectivity index (χ4v) is 6.56. The number of carbonyl (C=O) groups excluding carboxylic acids is 1. The van der Waals surface area contributed by atoms with Crippen molar-refractivity contribution in [2.45, 2.75) is 56.0 Å². The number of carbonyl (C=O) groups is 1. The SMILES string of the molecule is COc1ccc(C2(C(=O)N3CCCC(N(C4CCOCC4)S(C)(=O)=O)C3)CC2)cc1. The Kier molecular flexibility index (Phi) is 6.10. The molecule has 1 saturated carbocycles. The minimum Gasteiger partial charge on any atom is -0.497 e. The second-order valence-corrected chi connectivity index (χ2v) is 10.7. The molecule has 2 heterocycles. The van der Waals surface area contributed by atoms with Crippen molar-refractivity contribution >= 4 is 15.9 Å². The van der Waals surface area contributed by atoms with Crippen LogP contribution in [-0.2, 0) is 25.0 Å². The zero-order chi connectivity index (χ0) is 21.4. The van der Waals surface area contributed by atoms with Crippen LogP contribution in [0.4, 0.5) is 0 Å². The summed E-state index contributed by atoms with van der Waals surface area (Å²) < 4.78 is 37.7. The first-order valence-electron chi connectivity index (χ1n) is 10.9. The molecule has 3 aliphatic rings. The van der Waals surface area contributed by atoms with E-state index in [0.717, 1.165) is 37.0 Å². The molecule has 1 atom stereocenters. The molecule has 166 valence electrons. The van der Waals surface area contributed by atoms with Crippen LogP contribution in [0.1, 0.15) is 44.1 Å². The monoisotopic (exact) mass is 436 g/mol. The van der Waals surface area contributed by atoms with E-state index in [1.165, 1.54) is 6.26 Å². The lowest BCUT2D eigenvalue weighted by Crippen LogP contribution is -2.56. The molecule has 1 aromatic carbocycles. The highest BCUT2D eigenvalue weighted by molar-refractivity contribution is 7.88. The third-order valence-electron chi connectivity index (χ3n) is 6.78. The van der Waals surface area contributed by atoms with Gasteiger partial charge in [0, 0.05) is 38.4 Å². The van der Waals surface area contributed by atoms with Crippen LogP contribution >= 0.6 is 0 Å². The van der Waals surface area contributed by atoms with Crippen molar-refractivity contribution in [3.05, 3.63) is 29.8 Å². The predicted molar refractivity (Wildman–Crippen MR) is 114 cm³/mol. The highest BCUT2D eigenvalue weighted by Crippen LogP contribution is 2.50. The fraction of sp³-hybridized carbons (Fsp3) is 0.682. The van der Waals surface area contributed by atoms with Crippen molar-refractivity contribution in [1.29, 1.82) is 0 Å². The van der Waals surface area contributed by atoms with Crippen LogP contribution in [-0.4, -0.2) is 75.3 Å². The first-order chi connectivity index (χ1) is 14.3. The Balaban J connectivity index is 1.51. The maximum atomic E-state index is 13.5. The van der Waals surface area contributed by atoms with Crippen LogP contribution in [0.5, 0.6) is 5.75 Å². The molecule has 0 N–H and O–H groups in total. The van der Waals surface area contributed by atoms with Crippen molar-refractivity contribution in [2.75, 3.05) is 39.7 Å². The van der Waals surface area contributed by atoms with Gasteiger partial charge < -0.3 is 14.4 Å². The summed E-state index contributed by atoms with van der Waals surface area (Å²) in [5, 5.41) is 0. The summed E-state index contributed by atoms with van der Waals surface area (Å²) in [4.78, 5) is 15.4. The van der Waals surface area contributed by atoms with E-state index >= 15 is 0 Å². The fourth-order valence-electron chi connectivity index (χ4n) is 5.09. The minimum atomic E-state index is -3.37. The molecule has 1 aliphatic carbocycles. The normalized spacial score (nSPS) is 24.6. The van der Waals surface area contributed by atoms with E-state index in [1.807, 2.05) is 29.2 Å². The summed E-state index contributed by atoms with van der Waals surface area (Å²) in [6, 6.07) is 7.57. The largest absolute Gasteiger partial charge is 0.497 e. The average Bonchev–Trinajstić information content (AvgIpc) is 3.55. The van der Waals surface area contributed by atoms with Gasteiger partial charge in [-0.15, -0.1) is 0 Å². The highest BCUT2D eigenvalue weighted by Gasteiger charge is 2.53. The molecule has 7 nitrogen and oxygen atoms in total. The van der Waals surface area contributed by atoms with Crippen LogP contribution in [0.2, 0.25) is 0 Å². The zero-order valence-electron chi connectivity index (χ0n) is 17.9. The number of amides is 1. The average molecular weight is 437 g/mol. The van der Waals surface area contributed by atoms with E-state index in [4.69, 9.17) is 9.47 Å². The third kappa shape index (κ3) is 4.22. The second kappa shape index (κ2) is 8.48. The van der Waals surface area contributed by atoms with Crippen LogP contribution in [0.3, 0.4) is 0 Å². The van der Waals surface area contributed by atoms with Gasteiger partial charge in [-0.1, -0.05) is 12.1 Å². The Morgan fingerprint density at radius 1 is 1.13 bits per heavy atom. The molecule has 8 heteroatoms. The van der Waals surface area contributed by atoms with Gasteiger partial charge in [0.15, 0.2) is 0 Å². The van der Waals surface area contributed by atoms with Gasteiger partial charge in [0.05, 0.1) is 18.8 Å². The molecule has 2 aliphatic heterocycles. The second-order valence-electron chi connectivity index (χ2n) is 8.79. The number of nitrogens with zero attached hydrogens (tertiary/aromatic N) is 2. The van der Waals surface area contributed by atoms with Crippen LogP contribution < -0.4 is 4.74 Å². The molecule has 0 aromatic heterocycles. The van der Waals surface area contributed by atoms with Crippen LogP contribution in [0.25, 0.3) is 0 Å². The number of hydrogen-bond acceptors (Lipinski definition) is 5. The van der Waals surface area contributed by atoms with Gasteiger partial charge in [-0.3, -0.25) is 4.79 Å². The smallest absolute Gasteiger partial charge is 0.233 e. The molecule has 2 saturated heterocycles. The summed E-state index contributed by atoms with van der Waals surface area (Å²) in [5.74, 6) is 0.915. The number of ether oxygens (including phenoxy) is 2. The molecule has 4 rings (SSSR count). The highest BCUT2D eigenvalue weighted by atomic mass is 32.2. The molecule has 1 unspecified atom stereocenters. The number of rotatable bonds is 6. The third-order valence-corrected chi connectivity index (χ3v) is 8.14. The van der Waals surface area contributed by atoms with Crippen molar-refractivity contribution in [3.8, 4) is 5.75 Å². The van der Waals surface area contributed by atoms with Gasteiger partial charge in [0.25, 0.3) is 0 Å². The number of benzene rings is 1. The number of sulfonamides is 1. The van der Waals surface area contributed by atoms with Gasteiger partial charge in [0.2, 0.25) is 15.9 Å². The summed E-state index contributed by atoms with van der Waals surface area (Å²) in [6.45, 7) is 2.35. The van der Waals surface area contributed by atoms with Gasteiger partial charge in [-0.05, 0) is 56.2 Å². The number of piperidine rings is 1. The van der Waals surface area contributed by atoms with Gasteiger partial charge in [-0.25, -0.2) is 8.42 Å². The molecule has 1 amide bonds. The summed E-state index contributed by atoms with van der Waals surface area (Å²) in [6.07, 6.45) is 6.03. The van der Waals surface area contributed by atoms with Gasteiger partial charge in [0.1, 0.15) is 5.75 Å². The lowest BCUT2D eigenvalue weighted by atomic mass is 9.92. The molecule has 30 heavy (non-hydrogen) atoms. The first-order valence-corrected chi connectivity index (χ1v) is 12.7. The first kappa shape index (κ1) is 21.6. The summed E-state index contributed by atoms with van der Waals surface area (Å²) >= 11 is 0. The Morgan fingerprint density at radius 3 is 2.37 bits per heavy atom. The standard InChI is InChI=1S/C22H32N2O5S/c1-28-20-7-5-17(6-8-20)22(11-12-22)21(25)23-13-3-4-19(16-23)24(30(2,26)27)18-9-14-29-15-10-18/h5-8,18-19H,3-4,9-16H2,1-2H3. The lowest BCUT2D eigenvalue weighted by Gasteiger charge is -2.43. The van der Waals surface area contributed by atoms with E-state index in [-0.39, 0.29) is 18.0 Å². The molecule has 0 radical (unpaired) electrons. The quantitative estimate of drug-likeness (QED) is 0.683. The van der Waals surface area contributed by atoms with Gasteiger partial charge >= 0.3 is 0 Å². The number of likely N-dealkylation sites (tertiary alicyclic amines) is 1. The molecule has 3 fully saturated rings. The number of methoxy groups -OCH3 is 1. The predicted octanol–water partition coefficient (Wildman–Crippen LogP) is 2.16. The molecule has 0 bridgehead atoms. The Morgan fingerprint density at radius 2 is 1.80 bits per heavy atom. The maximum absolute atomic E-state index is 13.5. The molecule has 1 aromatic rings. The van der Waals surface area contributed by atoms with Gasteiger partial charge in [-0.2, -0.15) is 4.31 Å². The Hall–Kier alpha value is -1.64. The van der Waals surface area contributed by atoms with E-state index in [1.54, 1.807) is 11.4 Å². The summed E-state index contributed by atoms with van der Waals surface area (Å²) in [5.41, 5.74) is 0.572.